The van der Waals surface area contributed by atoms with Gasteiger partial charge in [-0.2, -0.15) is 0 Å². The normalized spacial score (nSPS) is 22.5. The predicted molar refractivity (Wildman–Crippen MR) is 153 cm³/mol. The molecule has 1 aromatic carbocycles. The zero-order valence-electron chi connectivity index (χ0n) is 23.0. The molecule has 0 bridgehead atoms. The number of nitrogens with one attached hydrogen (secondary N) is 1. The van der Waals surface area contributed by atoms with Crippen LogP contribution in [0.4, 0.5) is 11.6 Å². The number of benzene rings is 1. The summed E-state index contributed by atoms with van der Waals surface area (Å²) in [6.07, 6.45) is 3.39. The van der Waals surface area contributed by atoms with Crippen LogP contribution in [0.15, 0.2) is 29.1 Å². The third-order valence-corrected chi connectivity index (χ3v) is 9.18. The number of piperidine rings is 1. The van der Waals surface area contributed by atoms with Crippen molar-refractivity contribution < 1.29 is 14.7 Å². The number of pyridine rings is 1. The van der Waals surface area contributed by atoms with Crippen LogP contribution >= 0.6 is 11.6 Å². The zero-order valence-corrected chi connectivity index (χ0v) is 23.8. The second-order valence-corrected chi connectivity index (χ2v) is 11.9. The number of anilines is 2. The Balaban J connectivity index is 1.29. The monoisotopic (exact) mass is 564 g/mol. The van der Waals surface area contributed by atoms with E-state index < -0.39 is 5.97 Å². The number of halogens is 1. The summed E-state index contributed by atoms with van der Waals surface area (Å²) in [6, 6.07) is 6.93. The number of nitrogens with zero attached hydrogens (tertiary/aromatic N) is 5. The SMILES string of the molecule is Cc1cc(C(C)Nc2ccc(Cl)nc2C(=O)O)c2nc(N3C[C@@H]4C(C(=O)N(C)C5CCC5)[C@@H]4C3)n(C)c(=O)c2c1. The van der Waals surface area contributed by atoms with Gasteiger partial charge in [0.25, 0.3) is 5.56 Å². The quantitative estimate of drug-likeness (QED) is 0.415. The van der Waals surface area contributed by atoms with Crippen molar-refractivity contribution in [2.75, 3.05) is 30.4 Å². The average Bonchev–Trinajstić information content (AvgIpc) is 3.37. The van der Waals surface area contributed by atoms with Gasteiger partial charge in [0.05, 0.1) is 22.6 Å². The first-order valence-electron chi connectivity index (χ1n) is 13.7. The molecule has 2 saturated carbocycles. The number of carbonyl (C=O) groups excluding carboxylic acids is 1. The van der Waals surface area contributed by atoms with Crippen LogP contribution in [-0.2, 0) is 11.8 Å². The van der Waals surface area contributed by atoms with Crippen LogP contribution < -0.4 is 15.8 Å². The number of rotatable bonds is 7. The Bertz CT molecular complexity index is 1590. The number of aromatic nitrogens is 3. The lowest BCUT2D eigenvalue weighted by Gasteiger charge is -2.35. The summed E-state index contributed by atoms with van der Waals surface area (Å²) in [7, 11) is 3.67. The smallest absolute Gasteiger partial charge is 0.356 e. The van der Waals surface area contributed by atoms with Gasteiger partial charge in [0.2, 0.25) is 11.9 Å². The van der Waals surface area contributed by atoms with Crippen LogP contribution in [0.1, 0.15) is 53.8 Å². The predicted octanol–water partition coefficient (Wildman–Crippen LogP) is 3.85. The van der Waals surface area contributed by atoms with Crippen molar-refractivity contribution in [3.05, 3.63) is 56.6 Å². The molecule has 210 valence electrons. The Kier molecular flexibility index (Phi) is 6.48. The first-order chi connectivity index (χ1) is 19.0. The molecule has 3 heterocycles. The van der Waals surface area contributed by atoms with Crippen molar-refractivity contribution in [3.8, 4) is 0 Å². The highest BCUT2D eigenvalue weighted by molar-refractivity contribution is 6.29. The molecule has 2 unspecified atom stereocenters. The van der Waals surface area contributed by atoms with Crippen LogP contribution in [0, 0.1) is 24.7 Å². The van der Waals surface area contributed by atoms with E-state index in [-0.39, 0.29) is 46.1 Å². The van der Waals surface area contributed by atoms with Gasteiger partial charge in [0.1, 0.15) is 5.15 Å². The largest absolute Gasteiger partial charge is 0.476 e. The molecule has 1 amide bonds. The van der Waals surface area contributed by atoms with Crippen LogP contribution in [-0.4, -0.2) is 62.6 Å². The lowest BCUT2D eigenvalue weighted by Crippen LogP contribution is -2.43. The summed E-state index contributed by atoms with van der Waals surface area (Å²) in [4.78, 5) is 51.4. The Morgan fingerprint density at radius 3 is 2.50 bits per heavy atom. The van der Waals surface area contributed by atoms with Gasteiger partial charge in [0, 0.05) is 44.7 Å². The third-order valence-electron chi connectivity index (χ3n) is 8.96. The summed E-state index contributed by atoms with van der Waals surface area (Å²) in [5.41, 5.74) is 2.25. The fraction of sp³-hybridized carbons (Fsp3) is 0.483. The first-order valence-corrected chi connectivity index (χ1v) is 14.1. The van der Waals surface area contributed by atoms with E-state index in [4.69, 9.17) is 16.6 Å². The van der Waals surface area contributed by atoms with Gasteiger partial charge in [-0.15, -0.1) is 0 Å². The zero-order chi connectivity index (χ0) is 28.5. The molecule has 0 spiro atoms. The molecule has 3 fully saturated rings. The Morgan fingerprint density at radius 2 is 1.88 bits per heavy atom. The van der Waals surface area contributed by atoms with E-state index >= 15 is 0 Å². The van der Waals surface area contributed by atoms with E-state index in [1.807, 2.05) is 37.9 Å². The molecule has 4 atom stereocenters. The van der Waals surface area contributed by atoms with Crippen molar-refractivity contribution in [1.29, 1.82) is 0 Å². The highest BCUT2D eigenvalue weighted by atomic mass is 35.5. The molecule has 1 saturated heterocycles. The number of aromatic carboxylic acids is 1. The van der Waals surface area contributed by atoms with E-state index in [0.717, 1.165) is 24.0 Å². The van der Waals surface area contributed by atoms with Gasteiger partial charge in [-0.3, -0.25) is 14.2 Å². The molecule has 40 heavy (non-hydrogen) atoms. The van der Waals surface area contributed by atoms with Gasteiger partial charge in [-0.25, -0.2) is 14.8 Å². The Labute approximate surface area is 237 Å². The first kappa shape index (κ1) is 26.6. The fourth-order valence-electron chi connectivity index (χ4n) is 6.42. The second-order valence-electron chi connectivity index (χ2n) is 11.5. The topological polar surface area (TPSA) is 121 Å². The lowest BCUT2D eigenvalue weighted by molar-refractivity contribution is -0.135. The van der Waals surface area contributed by atoms with Crippen molar-refractivity contribution in [1.82, 2.24) is 19.4 Å². The third kappa shape index (κ3) is 4.38. The van der Waals surface area contributed by atoms with Crippen LogP contribution in [0.3, 0.4) is 0 Å². The lowest BCUT2D eigenvalue weighted by atomic mass is 9.91. The number of hydrogen-bond donors (Lipinski definition) is 2. The minimum Gasteiger partial charge on any atom is -0.476 e. The highest BCUT2D eigenvalue weighted by Gasteiger charge is 2.61. The molecule has 11 heteroatoms. The molecule has 3 aliphatic rings. The standard InChI is InChI=1S/C29H33ClN6O4/c1-14-10-17(15(2)31-21-8-9-22(30)32-25(21)28(39)40)24-18(11-14)26(37)35(4)29(33-24)36-12-19-20(13-36)23(19)27(38)34(3)16-6-5-7-16/h8-11,15-16,19-20,23,31H,5-7,12-13H2,1-4H3,(H,39,40)/t15?,19-,20+,23?. The van der Waals surface area contributed by atoms with Crippen molar-refractivity contribution in [2.45, 2.75) is 45.2 Å². The van der Waals surface area contributed by atoms with Gasteiger partial charge in [-0.05, 0) is 68.7 Å². The maximum Gasteiger partial charge on any atom is 0.356 e. The average molecular weight is 565 g/mol. The van der Waals surface area contributed by atoms with Crippen LogP contribution in [0.5, 0.6) is 0 Å². The van der Waals surface area contributed by atoms with Gasteiger partial charge in [0.15, 0.2) is 5.69 Å². The number of hydrogen-bond acceptors (Lipinski definition) is 7. The number of carboxylic acids is 1. The van der Waals surface area contributed by atoms with E-state index in [0.29, 0.717) is 41.7 Å². The van der Waals surface area contributed by atoms with Crippen LogP contribution in [0.2, 0.25) is 5.15 Å². The van der Waals surface area contributed by atoms with Gasteiger partial charge >= 0.3 is 5.97 Å². The van der Waals surface area contributed by atoms with Crippen LogP contribution in [0.25, 0.3) is 10.9 Å². The summed E-state index contributed by atoms with van der Waals surface area (Å²) in [5.74, 6) is 0.289. The summed E-state index contributed by atoms with van der Waals surface area (Å²) < 4.78 is 1.59. The molecular formula is C29H33ClN6O4. The van der Waals surface area contributed by atoms with Crippen molar-refractivity contribution >= 4 is 46.0 Å². The summed E-state index contributed by atoms with van der Waals surface area (Å²) >= 11 is 5.93. The molecule has 3 aromatic rings. The summed E-state index contributed by atoms with van der Waals surface area (Å²) in [5, 5.41) is 13.4. The highest BCUT2D eigenvalue weighted by Crippen LogP contribution is 2.53. The minimum atomic E-state index is -1.19. The number of aryl methyl sites for hydroxylation is 1. The Morgan fingerprint density at radius 1 is 1.18 bits per heavy atom. The van der Waals surface area contributed by atoms with Crippen molar-refractivity contribution in [2.24, 2.45) is 24.8 Å². The van der Waals surface area contributed by atoms with E-state index in [2.05, 4.69) is 15.2 Å². The summed E-state index contributed by atoms with van der Waals surface area (Å²) in [6.45, 7) is 5.20. The van der Waals surface area contributed by atoms with Gasteiger partial charge < -0.3 is 20.2 Å². The van der Waals surface area contributed by atoms with E-state index in [9.17, 15) is 19.5 Å². The number of carbonyl (C=O) groups is 2. The molecular weight excluding hydrogens is 532 g/mol. The number of amides is 1. The Hall–Kier alpha value is -3.66. The molecule has 1 aliphatic heterocycles. The second kappa shape index (κ2) is 9.76. The fourth-order valence-corrected chi connectivity index (χ4v) is 6.57. The van der Waals surface area contributed by atoms with E-state index in [1.165, 1.54) is 12.5 Å². The molecule has 2 aliphatic carbocycles. The molecule has 0 radical (unpaired) electrons. The van der Waals surface area contributed by atoms with E-state index in [1.54, 1.807) is 17.7 Å². The maximum atomic E-state index is 13.6. The van der Waals surface area contributed by atoms with Gasteiger partial charge in [-0.1, -0.05) is 17.7 Å². The molecule has 2 N–H and O–H groups in total. The molecule has 10 nitrogen and oxygen atoms in total. The molecule has 2 aromatic heterocycles. The maximum absolute atomic E-state index is 13.6. The van der Waals surface area contributed by atoms with Crippen molar-refractivity contribution in [3.63, 3.8) is 0 Å². The minimum absolute atomic E-state index is 0.0678. The number of fused-ring (bicyclic) bond motifs is 2. The number of carboxylic acid groups (broad SMARTS) is 1. The molecule has 6 rings (SSSR count).